The van der Waals surface area contributed by atoms with Gasteiger partial charge in [-0.2, -0.15) is 5.10 Å². The highest BCUT2D eigenvalue weighted by molar-refractivity contribution is 7.99. The van der Waals surface area contributed by atoms with Gasteiger partial charge in [0, 0.05) is 27.7 Å². The van der Waals surface area contributed by atoms with Crippen molar-refractivity contribution in [1.82, 2.24) is 20.2 Å². The summed E-state index contributed by atoms with van der Waals surface area (Å²) in [6.45, 7) is 9.62. The number of nitrogens with zero attached hydrogens (tertiary/aromatic N) is 4. The Morgan fingerprint density at radius 1 is 1.05 bits per heavy atom. The van der Waals surface area contributed by atoms with Crippen LogP contribution in [0.2, 0.25) is 10.0 Å². The third-order valence-corrected chi connectivity index (χ3v) is 7.62. The van der Waals surface area contributed by atoms with Crippen LogP contribution in [0, 0.1) is 0 Å². The first-order valence-corrected chi connectivity index (χ1v) is 14.5. The summed E-state index contributed by atoms with van der Waals surface area (Å²) in [6, 6.07) is 21.0. The number of halogens is 2. The lowest BCUT2D eigenvalue weighted by atomic mass is 9.87. The predicted octanol–water partition coefficient (Wildman–Crippen LogP) is 7.39. The van der Waals surface area contributed by atoms with Crippen molar-refractivity contribution in [1.29, 1.82) is 0 Å². The van der Waals surface area contributed by atoms with E-state index in [2.05, 4.69) is 65.8 Å². The third kappa shape index (κ3) is 7.87. The van der Waals surface area contributed by atoms with Crippen LogP contribution in [-0.2, 0) is 23.4 Å². The molecule has 1 aromatic heterocycles. The van der Waals surface area contributed by atoms with Crippen LogP contribution in [0.1, 0.15) is 44.4 Å². The van der Waals surface area contributed by atoms with Crippen LogP contribution in [-0.4, -0.2) is 32.6 Å². The number of amides is 1. The summed E-state index contributed by atoms with van der Waals surface area (Å²) in [5, 5.41) is 14.6. The largest absolute Gasteiger partial charge is 0.489 e. The monoisotopic (exact) mass is 595 g/mol. The van der Waals surface area contributed by atoms with E-state index in [-0.39, 0.29) is 17.1 Å². The fourth-order valence-electron chi connectivity index (χ4n) is 3.80. The van der Waals surface area contributed by atoms with Gasteiger partial charge in [-0.15, -0.1) is 10.2 Å². The molecule has 0 saturated heterocycles. The molecule has 40 heavy (non-hydrogen) atoms. The van der Waals surface area contributed by atoms with Gasteiger partial charge < -0.3 is 9.30 Å². The molecule has 4 aromatic rings. The van der Waals surface area contributed by atoms with Crippen LogP contribution in [0.5, 0.6) is 5.75 Å². The molecule has 0 spiro atoms. The van der Waals surface area contributed by atoms with E-state index in [9.17, 15) is 4.79 Å². The molecule has 0 aliphatic heterocycles. The molecule has 0 unspecified atom stereocenters. The van der Waals surface area contributed by atoms with Crippen molar-refractivity contribution in [3.05, 3.63) is 93.5 Å². The molecular formula is C30H31Cl2N5O2S. The number of nitrogens with one attached hydrogen (secondary N) is 1. The normalized spacial score (nSPS) is 11.7. The molecule has 0 saturated carbocycles. The van der Waals surface area contributed by atoms with Crippen molar-refractivity contribution in [3.8, 4) is 17.1 Å². The van der Waals surface area contributed by atoms with Gasteiger partial charge >= 0.3 is 0 Å². The topological polar surface area (TPSA) is 81.4 Å². The highest BCUT2D eigenvalue weighted by Crippen LogP contribution is 2.28. The van der Waals surface area contributed by atoms with Crippen molar-refractivity contribution in [3.63, 3.8) is 0 Å². The summed E-state index contributed by atoms with van der Waals surface area (Å²) < 4.78 is 7.81. The lowest BCUT2D eigenvalue weighted by molar-refractivity contribution is -0.118. The van der Waals surface area contributed by atoms with Crippen LogP contribution >= 0.6 is 35.0 Å². The van der Waals surface area contributed by atoms with E-state index in [0.29, 0.717) is 34.1 Å². The number of hydrogen-bond donors (Lipinski definition) is 1. The van der Waals surface area contributed by atoms with Crippen LogP contribution in [0.15, 0.2) is 77.0 Å². The van der Waals surface area contributed by atoms with Crippen molar-refractivity contribution < 1.29 is 9.53 Å². The highest BCUT2D eigenvalue weighted by atomic mass is 35.5. The number of hydrogen-bond acceptors (Lipinski definition) is 6. The highest BCUT2D eigenvalue weighted by Gasteiger charge is 2.17. The first kappa shape index (κ1) is 29.6. The Balaban J connectivity index is 1.27. The maximum absolute atomic E-state index is 12.4. The molecule has 1 N–H and O–H groups in total. The van der Waals surface area contributed by atoms with E-state index in [4.69, 9.17) is 27.9 Å². The van der Waals surface area contributed by atoms with E-state index in [0.717, 1.165) is 22.5 Å². The van der Waals surface area contributed by atoms with Crippen LogP contribution in [0.3, 0.4) is 0 Å². The second-order valence-electron chi connectivity index (χ2n) is 10.1. The summed E-state index contributed by atoms with van der Waals surface area (Å²) in [7, 11) is 0. The summed E-state index contributed by atoms with van der Waals surface area (Å²) >= 11 is 13.5. The Labute approximate surface area is 248 Å². The van der Waals surface area contributed by atoms with Gasteiger partial charge in [-0.25, -0.2) is 5.43 Å². The molecule has 4 rings (SSSR count). The lowest BCUT2D eigenvalue weighted by Gasteiger charge is -2.19. The number of hydrazone groups is 1. The van der Waals surface area contributed by atoms with Gasteiger partial charge in [0.1, 0.15) is 12.4 Å². The molecule has 7 nitrogen and oxygen atoms in total. The van der Waals surface area contributed by atoms with Gasteiger partial charge in [-0.05, 0) is 59.9 Å². The lowest BCUT2D eigenvalue weighted by Crippen LogP contribution is -2.20. The summed E-state index contributed by atoms with van der Waals surface area (Å²) in [6.07, 6.45) is 1.58. The van der Waals surface area contributed by atoms with Gasteiger partial charge in [-0.3, -0.25) is 4.79 Å². The molecule has 0 atom stereocenters. The summed E-state index contributed by atoms with van der Waals surface area (Å²) in [5.41, 5.74) is 6.57. The Hall–Kier alpha value is -3.33. The van der Waals surface area contributed by atoms with Crippen molar-refractivity contribution in [2.24, 2.45) is 5.10 Å². The van der Waals surface area contributed by atoms with Crippen LogP contribution in [0.25, 0.3) is 11.4 Å². The fourth-order valence-corrected chi connectivity index (χ4v) is 5.06. The Morgan fingerprint density at radius 2 is 1.77 bits per heavy atom. The molecule has 3 aromatic carbocycles. The maximum atomic E-state index is 12.4. The average Bonchev–Trinajstić information content (AvgIpc) is 3.35. The summed E-state index contributed by atoms with van der Waals surface area (Å²) in [5.74, 6) is 1.40. The van der Waals surface area contributed by atoms with Crippen LogP contribution < -0.4 is 10.2 Å². The molecule has 1 amide bonds. The Kier molecular flexibility index (Phi) is 9.90. The molecule has 0 aliphatic carbocycles. The molecule has 0 radical (unpaired) electrons. The number of rotatable bonds is 10. The van der Waals surface area contributed by atoms with E-state index in [1.54, 1.807) is 18.3 Å². The minimum Gasteiger partial charge on any atom is -0.489 e. The molecule has 0 bridgehead atoms. The van der Waals surface area contributed by atoms with Gasteiger partial charge in [0.15, 0.2) is 11.0 Å². The number of carbonyl (C=O) groups is 1. The molecular weight excluding hydrogens is 565 g/mol. The zero-order chi connectivity index (χ0) is 28.7. The smallest absolute Gasteiger partial charge is 0.250 e. The average molecular weight is 597 g/mol. The standard InChI is InChI=1S/C30H31Cl2N5O2S/c1-5-37-28(21-8-11-23(12-9-21)30(2,3)4)35-36-29(37)40-19-27(38)34-33-17-20-6-14-25(15-7-20)39-18-22-10-13-24(31)16-26(22)32/h6-17H,5,18-19H2,1-4H3,(H,34,38)/b33-17-. The first-order valence-electron chi connectivity index (χ1n) is 12.8. The molecule has 0 fully saturated rings. The van der Waals surface area contributed by atoms with Gasteiger partial charge in [0.05, 0.1) is 12.0 Å². The number of carbonyl (C=O) groups excluding carboxylic acids is 1. The zero-order valence-corrected chi connectivity index (χ0v) is 25.1. The van der Waals surface area contributed by atoms with Crippen molar-refractivity contribution in [2.45, 2.75) is 51.4 Å². The number of aromatic nitrogens is 3. The van der Waals surface area contributed by atoms with Gasteiger partial charge in [-0.1, -0.05) is 86.1 Å². The zero-order valence-electron chi connectivity index (χ0n) is 22.8. The van der Waals surface area contributed by atoms with E-state index < -0.39 is 0 Å². The molecule has 1 heterocycles. The van der Waals surface area contributed by atoms with E-state index in [1.165, 1.54) is 17.3 Å². The molecule has 0 aliphatic rings. The summed E-state index contributed by atoms with van der Waals surface area (Å²) in [4.78, 5) is 12.4. The predicted molar refractivity (Wildman–Crippen MR) is 164 cm³/mol. The van der Waals surface area contributed by atoms with Gasteiger partial charge in [0.2, 0.25) is 0 Å². The molecule has 10 heteroatoms. The molecule has 208 valence electrons. The Bertz CT molecular complexity index is 1480. The fraction of sp³-hybridized carbons (Fsp3) is 0.267. The van der Waals surface area contributed by atoms with Gasteiger partial charge in [0.25, 0.3) is 5.91 Å². The number of thioether (sulfide) groups is 1. The number of ether oxygens (including phenoxy) is 1. The van der Waals surface area contributed by atoms with Crippen LogP contribution in [0.4, 0.5) is 0 Å². The minimum absolute atomic E-state index is 0.0828. The van der Waals surface area contributed by atoms with Crippen molar-refractivity contribution in [2.75, 3.05) is 5.75 Å². The Morgan fingerprint density at radius 3 is 2.42 bits per heavy atom. The second kappa shape index (κ2) is 13.4. The quantitative estimate of drug-likeness (QED) is 0.117. The number of benzene rings is 3. The van der Waals surface area contributed by atoms with Crippen molar-refractivity contribution >= 4 is 47.1 Å². The first-order chi connectivity index (χ1) is 19.1. The SMILES string of the molecule is CCn1c(SCC(=O)N/N=C\c2ccc(OCc3ccc(Cl)cc3Cl)cc2)nnc1-c1ccc(C(C)(C)C)cc1. The maximum Gasteiger partial charge on any atom is 0.250 e. The van der Waals surface area contributed by atoms with E-state index in [1.807, 2.05) is 41.8 Å². The van der Waals surface area contributed by atoms with E-state index >= 15 is 0 Å². The third-order valence-electron chi connectivity index (χ3n) is 6.07. The second-order valence-corrected chi connectivity index (χ2v) is 11.8. The minimum atomic E-state index is -0.234.